The van der Waals surface area contributed by atoms with Gasteiger partial charge in [-0.05, 0) is 18.6 Å². The van der Waals surface area contributed by atoms with Crippen LogP contribution in [0.4, 0.5) is 0 Å². The summed E-state index contributed by atoms with van der Waals surface area (Å²) in [5.74, 6) is -0.209. The van der Waals surface area contributed by atoms with Crippen molar-refractivity contribution >= 4 is 35.5 Å². The van der Waals surface area contributed by atoms with E-state index in [1.165, 1.54) is 25.7 Å². The van der Waals surface area contributed by atoms with Crippen LogP contribution in [0.25, 0.3) is 0 Å². The van der Waals surface area contributed by atoms with E-state index in [0.29, 0.717) is 12.2 Å². The van der Waals surface area contributed by atoms with Crippen LogP contribution in [-0.4, -0.2) is 42.1 Å². The van der Waals surface area contributed by atoms with Crippen molar-refractivity contribution in [2.24, 2.45) is 0 Å². The average molecular weight is 258 g/mol. The number of rotatable bonds is 8. The van der Waals surface area contributed by atoms with Crippen LogP contribution in [0.15, 0.2) is 30.3 Å². The molecule has 1 aromatic carbocycles. The summed E-state index contributed by atoms with van der Waals surface area (Å²) in [6.07, 6.45) is 7.25. The third-order valence-electron chi connectivity index (χ3n) is 2.74. The molecule has 0 aliphatic carbocycles. The molecule has 0 bridgehead atoms. The number of carbonyl (C=O) groups excluding carboxylic acids is 1. The average Bonchev–Trinajstić information content (AvgIpc) is 2.38. The minimum atomic E-state index is -0.209. The van der Waals surface area contributed by atoms with Crippen LogP contribution in [0.3, 0.4) is 0 Å². The van der Waals surface area contributed by atoms with Crippen molar-refractivity contribution in [1.29, 1.82) is 0 Å². The molecule has 3 heteroatoms. The molecule has 0 heterocycles. The Morgan fingerprint density at radius 1 is 1.00 bits per heavy atom. The Kier molecular flexibility index (Phi) is 11.6. The van der Waals surface area contributed by atoms with E-state index in [1.54, 1.807) is 12.1 Å². The van der Waals surface area contributed by atoms with E-state index in [9.17, 15) is 4.79 Å². The molecule has 0 atom stereocenters. The SMILES string of the molecule is CCCCCCCCOC(=O)c1ccccc1.[NaH]. The molecule has 0 saturated carbocycles. The summed E-state index contributed by atoms with van der Waals surface area (Å²) in [5, 5.41) is 0. The molecular weight excluding hydrogens is 235 g/mol. The summed E-state index contributed by atoms with van der Waals surface area (Å²) in [7, 11) is 0. The fourth-order valence-corrected chi connectivity index (χ4v) is 1.70. The number of hydrogen-bond donors (Lipinski definition) is 0. The molecule has 0 fully saturated rings. The Morgan fingerprint density at radius 3 is 2.28 bits per heavy atom. The first-order valence-corrected chi connectivity index (χ1v) is 6.56. The van der Waals surface area contributed by atoms with Crippen LogP contribution in [0.2, 0.25) is 0 Å². The topological polar surface area (TPSA) is 26.3 Å². The summed E-state index contributed by atoms with van der Waals surface area (Å²) >= 11 is 0. The van der Waals surface area contributed by atoms with E-state index < -0.39 is 0 Å². The van der Waals surface area contributed by atoms with Gasteiger partial charge in [0.2, 0.25) is 0 Å². The zero-order valence-electron chi connectivity index (χ0n) is 10.7. The van der Waals surface area contributed by atoms with E-state index in [4.69, 9.17) is 4.74 Å². The summed E-state index contributed by atoms with van der Waals surface area (Å²) in [6, 6.07) is 9.15. The number of esters is 1. The quantitative estimate of drug-likeness (QED) is 0.405. The molecule has 0 aliphatic rings. The van der Waals surface area contributed by atoms with Gasteiger partial charge < -0.3 is 4.74 Å². The van der Waals surface area contributed by atoms with Crippen LogP contribution in [0, 0.1) is 0 Å². The van der Waals surface area contributed by atoms with Gasteiger partial charge >= 0.3 is 35.5 Å². The Morgan fingerprint density at radius 2 is 1.61 bits per heavy atom. The molecule has 18 heavy (non-hydrogen) atoms. The van der Waals surface area contributed by atoms with Crippen LogP contribution in [0.1, 0.15) is 55.8 Å². The second kappa shape index (κ2) is 11.8. The van der Waals surface area contributed by atoms with Gasteiger partial charge in [-0.15, -0.1) is 0 Å². The van der Waals surface area contributed by atoms with Gasteiger partial charge in [0, 0.05) is 0 Å². The van der Waals surface area contributed by atoms with Gasteiger partial charge in [0.05, 0.1) is 12.2 Å². The zero-order chi connectivity index (χ0) is 12.3. The predicted octanol–water partition coefficient (Wildman–Crippen LogP) is 3.56. The van der Waals surface area contributed by atoms with Gasteiger partial charge in [0.25, 0.3) is 0 Å². The molecular formula is C15H23NaO2. The number of ether oxygens (including phenoxy) is 1. The first kappa shape index (κ1) is 17.7. The first-order chi connectivity index (χ1) is 8.34. The van der Waals surface area contributed by atoms with Gasteiger partial charge in [0.1, 0.15) is 0 Å². The molecule has 0 aromatic heterocycles. The molecule has 0 N–H and O–H groups in total. The molecule has 0 saturated heterocycles. The number of unbranched alkanes of at least 4 members (excludes halogenated alkanes) is 5. The third-order valence-corrected chi connectivity index (χ3v) is 2.74. The van der Waals surface area contributed by atoms with Crippen LogP contribution >= 0.6 is 0 Å². The molecule has 2 nitrogen and oxygen atoms in total. The van der Waals surface area contributed by atoms with E-state index in [1.807, 2.05) is 18.2 Å². The van der Waals surface area contributed by atoms with Crippen molar-refractivity contribution in [3.05, 3.63) is 35.9 Å². The van der Waals surface area contributed by atoms with Crippen molar-refractivity contribution in [2.75, 3.05) is 6.61 Å². The van der Waals surface area contributed by atoms with Gasteiger partial charge in [0.15, 0.2) is 0 Å². The van der Waals surface area contributed by atoms with Crippen molar-refractivity contribution in [3.8, 4) is 0 Å². The fraction of sp³-hybridized carbons (Fsp3) is 0.533. The maximum atomic E-state index is 11.6. The van der Waals surface area contributed by atoms with Crippen molar-refractivity contribution in [2.45, 2.75) is 45.4 Å². The molecule has 0 amide bonds. The first-order valence-electron chi connectivity index (χ1n) is 6.56. The zero-order valence-corrected chi connectivity index (χ0v) is 10.7. The minimum absolute atomic E-state index is 0. The molecule has 0 radical (unpaired) electrons. The molecule has 0 spiro atoms. The van der Waals surface area contributed by atoms with Crippen LogP contribution in [0.5, 0.6) is 0 Å². The Labute approximate surface area is 132 Å². The Balaban J connectivity index is 0.00000289. The second-order valence-corrected chi connectivity index (χ2v) is 4.27. The third kappa shape index (κ3) is 7.91. The molecule has 0 unspecified atom stereocenters. The second-order valence-electron chi connectivity index (χ2n) is 4.27. The Hall–Kier alpha value is -0.310. The maximum absolute atomic E-state index is 11.6. The van der Waals surface area contributed by atoms with Crippen LogP contribution < -0.4 is 0 Å². The predicted molar refractivity (Wildman–Crippen MR) is 77.2 cm³/mol. The molecule has 1 aromatic rings. The van der Waals surface area contributed by atoms with Crippen molar-refractivity contribution in [1.82, 2.24) is 0 Å². The van der Waals surface area contributed by atoms with E-state index in [2.05, 4.69) is 6.92 Å². The number of carbonyl (C=O) groups is 1. The normalized spacial score (nSPS) is 9.61. The van der Waals surface area contributed by atoms with Gasteiger partial charge in [-0.2, -0.15) is 0 Å². The standard InChI is InChI=1S/C15H22O2.Na.H/c1-2-3-4-5-6-10-13-17-15(16)14-11-8-7-9-12-14;;/h7-9,11-12H,2-6,10,13H2,1H3;;. The summed E-state index contributed by atoms with van der Waals surface area (Å²) < 4.78 is 5.20. The monoisotopic (exact) mass is 258 g/mol. The summed E-state index contributed by atoms with van der Waals surface area (Å²) in [6.45, 7) is 2.75. The fourth-order valence-electron chi connectivity index (χ4n) is 1.70. The molecule has 0 aliphatic heterocycles. The molecule has 96 valence electrons. The van der Waals surface area contributed by atoms with E-state index in [0.717, 1.165) is 12.8 Å². The number of hydrogen-bond acceptors (Lipinski definition) is 2. The Bertz CT molecular complexity index is 312. The van der Waals surface area contributed by atoms with Gasteiger partial charge in [-0.1, -0.05) is 57.2 Å². The van der Waals surface area contributed by atoms with Gasteiger partial charge in [-0.25, -0.2) is 4.79 Å². The molecule has 1 rings (SSSR count). The van der Waals surface area contributed by atoms with Gasteiger partial charge in [-0.3, -0.25) is 0 Å². The van der Waals surface area contributed by atoms with E-state index in [-0.39, 0.29) is 35.5 Å². The van der Waals surface area contributed by atoms with Crippen LogP contribution in [-0.2, 0) is 4.74 Å². The van der Waals surface area contributed by atoms with E-state index >= 15 is 0 Å². The van der Waals surface area contributed by atoms with Crippen molar-refractivity contribution < 1.29 is 9.53 Å². The summed E-state index contributed by atoms with van der Waals surface area (Å²) in [4.78, 5) is 11.6. The summed E-state index contributed by atoms with van der Waals surface area (Å²) in [5.41, 5.74) is 0.637. The van der Waals surface area contributed by atoms with Crippen molar-refractivity contribution in [3.63, 3.8) is 0 Å². The number of benzene rings is 1.